The first-order valence-corrected chi connectivity index (χ1v) is 9.04. The van der Waals surface area contributed by atoms with E-state index in [4.69, 9.17) is 0 Å². The van der Waals surface area contributed by atoms with E-state index in [1.165, 1.54) is 12.3 Å². The summed E-state index contributed by atoms with van der Waals surface area (Å²) in [4.78, 5) is 36.0. The van der Waals surface area contributed by atoms with Crippen LogP contribution in [0.25, 0.3) is 5.65 Å². The van der Waals surface area contributed by atoms with E-state index in [1.54, 1.807) is 6.07 Å². The molecule has 9 nitrogen and oxygen atoms in total. The van der Waals surface area contributed by atoms with Crippen LogP contribution in [0.2, 0.25) is 0 Å². The first-order chi connectivity index (χ1) is 13.5. The highest BCUT2D eigenvalue weighted by atomic mass is 16.6. The minimum absolute atomic E-state index is 0.0315. The van der Waals surface area contributed by atoms with Crippen molar-refractivity contribution < 1.29 is 9.72 Å². The molecular formula is C19H20N6O3. The number of carbonyl (C=O) groups is 1. The van der Waals surface area contributed by atoms with Crippen LogP contribution in [-0.2, 0) is 0 Å². The van der Waals surface area contributed by atoms with E-state index in [1.807, 2.05) is 46.4 Å². The summed E-state index contributed by atoms with van der Waals surface area (Å²) in [5.74, 6) is 0.645. The summed E-state index contributed by atoms with van der Waals surface area (Å²) in [5.41, 5.74) is 3.12. The number of hydrogen-bond donors (Lipinski definition) is 0. The van der Waals surface area contributed by atoms with Gasteiger partial charge in [-0.15, -0.1) is 0 Å². The molecule has 3 aromatic rings. The molecule has 1 fully saturated rings. The van der Waals surface area contributed by atoms with E-state index < -0.39 is 4.92 Å². The van der Waals surface area contributed by atoms with Gasteiger partial charge in [0.05, 0.1) is 10.6 Å². The fourth-order valence-corrected chi connectivity index (χ4v) is 3.54. The first kappa shape index (κ1) is 17.9. The van der Waals surface area contributed by atoms with Crippen molar-refractivity contribution in [2.24, 2.45) is 0 Å². The molecule has 0 N–H and O–H groups in total. The first-order valence-electron chi connectivity index (χ1n) is 9.04. The maximum absolute atomic E-state index is 13.1. The Kier molecular flexibility index (Phi) is 4.42. The Bertz CT molecular complexity index is 1050. The van der Waals surface area contributed by atoms with E-state index in [2.05, 4.69) is 9.97 Å². The van der Waals surface area contributed by atoms with Crippen LogP contribution in [0.1, 0.15) is 21.7 Å². The van der Waals surface area contributed by atoms with Crippen LogP contribution in [-0.4, -0.2) is 56.3 Å². The van der Waals surface area contributed by atoms with Crippen molar-refractivity contribution in [2.75, 3.05) is 31.1 Å². The predicted octanol–water partition coefficient (Wildman–Crippen LogP) is 2.22. The number of amides is 1. The molecule has 28 heavy (non-hydrogen) atoms. The number of nitro groups is 1. The van der Waals surface area contributed by atoms with E-state index in [0.717, 1.165) is 16.9 Å². The second kappa shape index (κ2) is 6.91. The zero-order valence-corrected chi connectivity index (χ0v) is 15.7. The lowest BCUT2D eigenvalue weighted by atomic mass is 10.2. The van der Waals surface area contributed by atoms with Gasteiger partial charge in [0.25, 0.3) is 11.6 Å². The average molecular weight is 380 g/mol. The zero-order valence-electron chi connectivity index (χ0n) is 15.7. The smallest absolute Gasteiger partial charge is 0.287 e. The topological polar surface area (TPSA) is 96.9 Å². The second-order valence-corrected chi connectivity index (χ2v) is 6.84. The van der Waals surface area contributed by atoms with Crippen LogP contribution in [0.3, 0.4) is 0 Å². The third kappa shape index (κ3) is 3.04. The highest BCUT2D eigenvalue weighted by Crippen LogP contribution is 2.20. The molecule has 9 heteroatoms. The highest BCUT2D eigenvalue weighted by Gasteiger charge is 2.27. The molecular weight excluding hydrogens is 360 g/mol. The Hall–Kier alpha value is -3.49. The summed E-state index contributed by atoms with van der Waals surface area (Å²) in [7, 11) is 0. The fraction of sp³-hybridized carbons (Fsp3) is 0.316. The summed E-state index contributed by atoms with van der Waals surface area (Å²) < 4.78 is 1.86. The Morgan fingerprint density at radius 2 is 1.89 bits per heavy atom. The van der Waals surface area contributed by atoms with Crippen molar-refractivity contribution in [3.05, 3.63) is 63.7 Å². The van der Waals surface area contributed by atoms with Gasteiger partial charge in [-0.3, -0.25) is 19.3 Å². The molecule has 0 aliphatic carbocycles. The molecule has 0 radical (unpaired) electrons. The van der Waals surface area contributed by atoms with Gasteiger partial charge in [-0.05, 0) is 31.5 Å². The molecule has 0 atom stereocenters. The number of pyridine rings is 2. The monoisotopic (exact) mass is 380 g/mol. The molecule has 0 aromatic carbocycles. The van der Waals surface area contributed by atoms with Gasteiger partial charge in [0.15, 0.2) is 0 Å². The number of hydrogen-bond acceptors (Lipinski definition) is 6. The molecule has 144 valence electrons. The number of fused-ring (bicyclic) bond motifs is 1. The van der Waals surface area contributed by atoms with Crippen LogP contribution in [0, 0.1) is 24.0 Å². The quantitative estimate of drug-likeness (QED) is 0.511. The number of carbonyl (C=O) groups excluding carboxylic acids is 1. The molecule has 0 spiro atoms. The van der Waals surface area contributed by atoms with Gasteiger partial charge in [-0.1, -0.05) is 6.07 Å². The SMILES string of the molecule is Cc1nc2c(C)cccn2c1C(=O)N1CCN(c2ccc([N+](=O)[O-])cn2)CC1. The molecule has 1 aliphatic rings. The zero-order chi connectivity index (χ0) is 19.8. The van der Waals surface area contributed by atoms with Crippen molar-refractivity contribution in [1.82, 2.24) is 19.3 Å². The van der Waals surface area contributed by atoms with E-state index in [0.29, 0.717) is 37.7 Å². The average Bonchev–Trinajstić information content (AvgIpc) is 3.05. The second-order valence-electron chi connectivity index (χ2n) is 6.84. The standard InChI is InChI=1S/C19H20N6O3/c1-13-4-3-7-24-17(14(2)21-18(13)24)19(26)23-10-8-22(9-11-23)16-6-5-15(12-20-16)25(27)28/h3-7,12H,8-11H2,1-2H3. The predicted molar refractivity (Wildman–Crippen MR) is 104 cm³/mol. The number of nitrogens with zero attached hydrogens (tertiary/aromatic N) is 6. The van der Waals surface area contributed by atoms with Gasteiger partial charge in [0.2, 0.25) is 0 Å². The summed E-state index contributed by atoms with van der Waals surface area (Å²) in [6.45, 7) is 6.17. The molecule has 0 unspecified atom stereocenters. The lowest BCUT2D eigenvalue weighted by molar-refractivity contribution is -0.385. The van der Waals surface area contributed by atoms with Gasteiger partial charge >= 0.3 is 0 Å². The fourth-order valence-electron chi connectivity index (χ4n) is 3.54. The molecule has 1 amide bonds. The lowest BCUT2D eigenvalue weighted by Crippen LogP contribution is -2.49. The van der Waals surface area contributed by atoms with Gasteiger partial charge in [0.1, 0.15) is 23.4 Å². The number of aryl methyl sites for hydroxylation is 2. The molecule has 3 aromatic heterocycles. The lowest BCUT2D eigenvalue weighted by Gasteiger charge is -2.35. The normalized spacial score (nSPS) is 14.5. The molecule has 1 saturated heterocycles. The van der Waals surface area contributed by atoms with Crippen LogP contribution in [0.15, 0.2) is 36.7 Å². The van der Waals surface area contributed by atoms with E-state index >= 15 is 0 Å². The van der Waals surface area contributed by atoms with Gasteiger partial charge in [-0.25, -0.2) is 9.97 Å². The van der Waals surface area contributed by atoms with Crippen molar-refractivity contribution >= 4 is 23.1 Å². The number of rotatable bonds is 3. The molecule has 4 heterocycles. The summed E-state index contributed by atoms with van der Waals surface area (Å²) in [5, 5.41) is 10.8. The number of imidazole rings is 1. The molecule has 1 aliphatic heterocycles. The Morgan fingerprint density at radius 1 is 1.14 bits per heavy atom. The van der Waals surface area contributed by atoms with Crippen LogP contribution in [0.4, 0.5) is 11.5 Å². The van der Waals surface area contributed by atoms with Crippen LogP contribution < -0.4 is 4.90 Å². The molecule has 0 saturated carbocycles. The van der Waals surface area contributed by atoms with Crippen LogP contribution >= 0.6 is 0 Å². The van der Waals surface area contributed by atoms with Crippen molar-refractivity contribution in [3.8, 4) is 0 Å². The highest BCUT2D eigenvalue weighted by molar-refractivity contribution is 5.95. The third-order valence-electron chi connectivity index (χ3n) is 5.06. The largest absolute Gasteiger partial charge is 0.353 e. The Morgan fingerprint density at radius 3 is 2.54 bits per heavy atom. The van der Waals surface area contributed by atoms with Crippen molar-refractivity contribution in [1.29, 1.82) is 0 Å². The van der Waals surface area contributed by atoms with Gasteiger partial charge in [-0.2, -0.15) is 0 Å². The maximum Gasteiger partial charge on any atom is 0.287 e. The van der Waals surface area contributed by atoms with Crippen molar-refractivity contribution in [3.63, 3.8) is 0 Å². The van der Waals surface area contributed by atoms with Gasteiger partial charge in [0, 0.05) is 38.4 Å². The number of anilines is 1. The summed E-state index contributed by atoms with van der Waals surface area (Å²) >= 11 is 0. The van der Waals surface area contributed by atoms with Gasteiger partial charge < -0.3 is 9.80 Å². The molecule has 4 rings (SSSR count). The Balaban J connectivity index is 1.50. The molecule has 0 bridgehead atoms. The summed E-state index contributed by atoms with van der Waals surface area (Å²) in [6.07, 6.45) is 3.13. The van der Waals surface area contributed by atoms with E-state index in [9.17, 15) is 14.9 Å². The summed E-state index contributed by atoms with van der Waals surface area (Å²) in [6, 6.07) is 6.99. The van der Waals surface area contributed by atoms with E-state index in [-0.39, 0.29) is 11.6 Å². The maximum atomic E-state index is 13.1. The van der Waals surface area contributed by atoms with Crippen molar-refractivity contribution in [2.45, 2.75) is 13.8 Å². The van der Waals surface area contributed by atoms with Crippen LogP contribution in [0.5, 0.6) is 0 Å². The Labute approximate surface area is 161 Å². The minimum Gasteiger partial charge on any atom is -0.353 e. The minimum atomic E-state index is -0.465. The third-order valence-corrected chi connectivity index (χ3v) is 5.06. The number of piperazine rings is 1. The number of aromatic nitrogens is 3.